The van der Waals surface area contributed by atoms with Crippen LogP contribution in [-0.2, 0) is 14.3 Å². The molecule has 0 radical (unpaired) electrons. The fourth-order valence-electron chi connectivity index (χ4n) is 2.93. The molecule has 0 aromatic rings. The summed E-state index contributed by atoms with van der Waals surface area (Å²) in [7, 11) is 1.71. The highest BCUT2D eigenvalue weighted by atomic mass is 16.5. The number of ether oxygens (including phenoxy) is 2. The van der Waals surface area contributed by atoms with Crippen LogP contribution < -0.4 is 5.32 Å². The quantitative estimate of drug-likeness (QED) is 0.432. The molecule has 1 N–H and O–H groups in total. The van der Waals surface area contributed by atoms with Crippen molar-refractivity contribution in [2.75, 3.05) is 59.6 Å². The van der Waals surface area contributed by atoms with E-state index in [0.717, 1.165) is 77.7 Å². The van der Waals surface area contributed by atoms with Crippen LogP contribution in [0.2, 0.25) is 0 Å². The van der Waals surface area contributed by atoms with Gasteiger partial charge in [0.05, 0.1) is 0 Å². The first kappa shape index (κ1) is 18.0. The lowest BCUT2D eigenvalue weighted by Gasteiger charge is -2.37. The number of amides is 1. The van der Waals surface area contributed by atoms with Crippen LogP contribution in [-0.4, -0.2) is 87.4 Å². The van der Waals surface area contributed by atoms with Gasteiger partial charge in [-0.15, -0.1) is 0 Å². The van der Waals surface area contributed by atoms with E-state index in [1.807, 2.05) is 4.90 Å². The number of nitrogens with zero attached hydrogens (tertiary/aromatic N) is 3. The van der Waals surface area contributed by atoms with Gasteiger partial charge in [0.1, 0.15) is 6.10 Å². The smallest absolute Gasteiger partial charge is 0.251 e. The largest absolute Gasteiger partial charge is 0.385 e. The summed E-state index contributed by atoms with van der Waals surface area (Å²) in [5.74, 6) is 1.09. The second-order valence-corrected chi connectivity index (χ2v) is 5.90. The number of aliphatic imine (C=N–C) groups is 1. The highest BCUT2D eigenvalue weighted by molar-refractivity contribution is 5.82. The number of hydrogen-bond acceptors (Lipinski definition) is 4. The predicted molar refractivity (Wildman–Crippen MR) is 89.6 cm³/mol. The molecule has 2 fully saturated rings. The Morgan fingerprint density at radius 2 is 2.04 bits per heavy atom. The predicted octanol–water partition coefficient (Wildman–Crippen LogP) is 0.312. The molecule has 2 aliphatic heterocycles. The van der Waals surface area contributed by atoms with Gasteiger partial charge in [-0.25, -0.2) is 0 Å². The normalized spacial score (nSPS) is 22.5. The van der Waals surface area contributed by atoms with Gasteiger partial charge in [0.2, 0.25) is 0 Å². The summed E-state index contributed by atoms with van der Waals surface area (Å²) in [6.07, 6.45) is 2.57. The highest BCUT2D eigenvalue weighted by Crippen LogP contribution is 2.16. The minimum atomic E-state index is -0.211. The Kier molecular flexibility index (Phi) is 7.61. The summed E-state index contributed by atoms with van der Waals surface area (Å²) in [6.45, 7) is 8.22. The number of methoxy groups -OCH3 is 1. The van der Waals surface area contributed by atoms with E-state index < -0.39 is 0 Å². The lowest BCUT2D eigenvalue weighted by Crippen LogP contribution is -2.55. The van der Waals surface area contributed by atoms with Gasteiger partial charge in [0.25, 0.3) is 5.91 Å². The standard InChI is InChI=1S/C16H30N4O3/c1-3-17-16(18-7-5-12-22-2)20-10-8-19(9-11-20)15(21)14-6-4-13-23-14/h14H,3-13H2,1-2H3,(H,17,18). The van der Waals surface area contributed by atoms with Gasteiger partial charge in [-0.3, -0.25) is 9.79 Å². The Morgan fingerprint density at radius 3 is 2.65 bits per heavy atom. The number of guanidine groups is 1. The Balaban J connectivity index is 1.81. The van der Waals surface area contributed by atoms with Crippen LogP contribution in [0.3, 0.4) is 0 Å². The molecule has 2 saturated heterocycles. The summed E-state index contributed by atoms with van der Waals surface area (Å²) in [4.78, 5) is 21.2. The monoisotopic (exact) mass is 326 g/mol. The SMILES string of the molecule is CCNC(=NCCCOC)N1CCN(C(=O)C2CCCO2)CC1. The highest BCUT2D eigenvalue weighted by Gasteiger charge is 2.30. The molecule has 1 amide bonds. The maximum atomic E-state index is 12.4. The van der Waals surface area contributed by atoms with Crippen molar-refractivity contribution in [1.82, 2.24) is 15.1 Å². The molecule has 0 aliphatic carbocycles. The summed E-state index contributed by atoms with van der Waals surface area (Å²) in [6, 6.07) is 0. The summed E-state index contributed by atoms with van der Waals surface area (Å²) >= 11 is 0. The van der Waals surface area contributed by atoms with Crippen LogP contribution in [0.1, 0.15) is 26.2 Å². The van der Waals surface area contributed by atoms with Crippen LogP contribution in [0.4, 0.5) is 0 Å². The minimum absolute atomic E-state index is 0.157. The molecule has 0 bridgehead atoms. The van der Waals surface area contributed by atoms with E-state index in [0.29, 0.717) is 0 Å². The van der Waals surface area contributed by atoms with Crippen molar-refractivity contribution in [2.24, 2.45) is 4.99 Å². The average molecular weight is 326 g/mol. The molecule has 2 aliphatic rings. The third-order valence-corrected chi connectivity index (χ3v) is 4.20. The van der Waals surface area contributed by atoms with Crippen LogP contribution in [0.15, 0.2) is 4.99 Å². The van der Waals surface area contributed by atoms with Gasteiger partial charge < -0.3 is 24.6 Å². The summed E-state index contributed by atoms with van der Waals surface area (Å²) in [5.41, 5.74) is 0. The van der Waals surface area contributed by atoms with Crippen molar-refractivity contribution in [1.29, 1.82) is 0 Å². The third-order valence-electron chi connectivity index (χ3n) is 4.20. The van der Waals surface area contributed by atoms with Crippen molar-refractivity contribution in [3.05, 3.63) is 0 Å². The molecular formula is C16H30N4O3. The number of carbonyl (C=O) groups excluding carboxylic acids is 1. The molecular weight excluding hydrogens is 296 g/mol. The zero-order valence-corrected chi connectivity index (χ0v) is 14.4. The van der Waals surface area contributed by atoms with Crippen LogP contribution >= 0.6 is 0 Å². The van der Waals surface area contributed by atoms with Crippen molar-refractivity contribution in [3.63, 3.8) is 0 Å². The van der Waals surface area contributed by atoms with Gasteiger partial charge in [0, 0.05) is 59.6 Å². The fraction of sp³-hybridized carbons (Fsp3) is 0.875. The number of carbonyl (C=O) groups is 1. The van der Waals surface area contributed by atoms with E-state index in [2.05, 4.69) is 22.1 Å². The topological polar surface area (TPSA) is 66.4 Å². The molecule has 7 nitrogen and oxygen atoms in total. The Bertz CT molecular complexity index is 389. The second kappa shape index (κ2) is 9.72. The molecule has 2 heterocycles. The van der Waals surface area contributed by atoms with Gasteiger partial charge in [-0.2, -0.15) is 0 Å². The third kappa shape index (κ3) is 5.35. The molecule has 2 rings (SSSR count). The first-order valence-electron chi connectivity index (χ1n) is 8.68. The maximum absolute atomic E-state index is 12.4. The first-order valence-corrected chi connectivity index (χ1v) is 8.68. The maximum Gasteiger partial charge on any atom is 0.251 e. The summed E-state index contributed by atoms with van der Waals surface area (Å²) in [5, 5.41) is 3.34. The number of hydrogen-bond donors (Lipinski definition) is 1. The molecule has 0 aromatic heterocycles. The van der Waals surface area contributed by atoms with Crippen LogP contribution in [0.25, 0.3) is 0 Å². The van der Waals surface area contributed by atoms with Gasteiger partial charge in [-0.1, -0.05) is 0 Å². The average Bonchev–Trinajstić information content (AvgIpc) is 3.12. The van der Waals surface area contributed by atoms with E-state index in [9.17, 15) is 4.79 Å². The van der Waals surface area contributed by atoms with Gasteiger partial charge in [0.15, 0.2) is 5.96 Å². The Hall–Kier alpha value is -1.34. The zero-order valence-electron chi connectivity index (χ0n) is 14.4. The van der Waals surface area contributed by atoms with E-state index in [1.165, 1.54) is 0 Å². The molecule has 0 aromatic carbocycles. The van der Waals surface area contributed by atoms with Crippen molar-refractivity contribution < 1.29 is 14.3 Å². The zero-order chi connectivity index (χ0) is 16.5. The number of nitrogens with one attached hydrogen (secondary N) is 1. The molecule has 0 saturated carbocycles. The van der Waals surface area contributed by atoms with Gasteiger partial charge >= 0.3 is 0 Å². The van der Waals surface area contributed by atoms with Crippen molar-refractivity contribution in [3.8, 4) is 0 Å². The van der Waals surface area contributed by atoms with E-state index in [4.69, 9.17) is 9.47 Å². The summed E-state index contributed by atoms with van der Waals surface area (Å²) < 4.78 is 10.6. The van der Waals surface area contributed by atoms with E-state index in [1.54, 1.807) is 7.11 Å². The van der Waals surface area contributed by atoms with Crippen molar-refractivity contribution in [2.45, 2.75) is 32.3 Å². The first-order chi connectivity index (χ1) is 11.3. The molecule has 1 unspecified atom stereocenters. The Morgan fingerprint density at radius 1 is 1.30 bits per heavy atom. The molecule has 23 heavy (non-hydrogen) atoms. The lowest BCUT2D eigenvalue weighted by atomic mass is 10.2. The number of rotatable bonds is 6. The fourth-order valence-corrected chi connectivity index (χ4v) is 2.93. The second-order valence-electron chi connectivity index (χ2n) is 5.90. The number of piperazine rings is 1. The van der Waals surface area contributed by atoms with Gasteiger partial charge in [-0.05, 0) is 26.2 Å². The Labute approximate surface area is 139 Å². The molecule has 1 atom stereocenters. The van der Waals surface area contributed by atoms with Crippen molar-refractivity contribution >= 4 is 11.9 Å². The molecule has 0 spiro atoms. The molecule has 7 heteroatoms. The van der Waals surface area contributed by atoms with Crippen LogP contribution in [0.5, 0.6) is 0 Å². The molecule has 132 valence electrons. The van der Waals surface area contributed by atoms with E-state index in [-0.39, 0.29) is 12.0 Å². The minimum Gasteiger partial charge on any atom is -0.385 e. The van der Waals surface area contributed by atoms with E-state index >= 15 is 0 Å². The lowest BCUT2D eigenvalue weighted by molar-refractivity contribution is -0.142. The van der Waals surface area contributed by atoms with Crippen LogP contribution in [0, 0.1) is 0 Å².